The van der Waals surface area contributed by atoms with E-state index in [2.05, 4.69) is 11.8 Å². The van der Waals surface area contributed by atoms with Crippen LogP contribution >= 0.6 is 0 Å². The minimum atomic E-state index is -4.33. The smallest absolute Gasteiger partial charge is 0.416 e. The van der Waals surface area contributed by atoms with Gasteiger partial charge in [0.1, 0.15) is 11.5 Å². The number of hydrogen-bond donors (Lipinski definition) is 1. The monoisotopic (exact) mass is 352 g/mol. The highest BCUT2D eigenvalue weighted by atomic mass is 19.4. The average Bonchev–Trinajstić information content (AvgIpc) is 3.05. The van der Waals surface area contributed by atoms with Crippen molar-refractivity contribution < 1.29 is 17.6 Å². The maximum Gasteiger partial charge on any atom is 0.416 e. The molecular formula is C19H23F3N2O. The van der Waals surface area contributed by atoms with Crippen molar-refractivity contribution in [3.8, 4) is 11.3 Å². The number of nitrogens with two attached hydrogens (primary N) is 1. The molecule has 0 unspecified atom stereocenters. The van der Waals surface area contributed by atoms with E-state index >= 15 is 0 Å². The molecule has 1 saturated heterocycles. The second kappa shape index (κ2) is 7.22. The topological polar surface area (TPSA) is 42.4 Å². The van der Waals surface area contributed by atoms with Crippen molar-refractivity contribution in [1.29, 1.82) is 0 Å². The van der Waals surface area contributed by atoms with Crippen molar-refractivity contribution in [3.63, 3.8) is 0 Å². The lowest BCUT2D eigenvalue weighted by Crippen LogP contribution is -2.32. The van der Waals surface area contributed by atoms with E-state index in [1.54, 1.807) is 0 Å². The van der Waals surface area contributed by atoms with Crippen molar-refractivity contribution in [3.05, 3.63) is 47.2 Å². The number of benzene rings is 1. The third-order valence-electron chi connectivity index (χ3n) is 5.00. The van der Waals surface area contributed by atoms with Crippen LogP contribution in [0.15, 0.2) is 34.7 Å². The molecule has 0 atom stereocenters. The quantitative estimate of drug-likeness (QED) is 0.873. The highest BCUT2D eigenvalue weighted by Crippen LogP contribution is 2.36. The van der Waals surface area contributed by atoms with Crippen LogP contribution in [-0.4, -0.2) is 24.5 Å². The maximum atomic E-state index is 12.7. The van der Waals surface area contributed by atoms with Gasteiger partial charge in [-0.15, -0.1) is 0 Å². The number of halogens is 3. The molecule has 0 aliphatic carbocycles. The Morgan fingerprint density at radius 3 is 2.32 bits per heavy atom. The van der Waals surface area contributed by atoms with Gasteiger partial charge >= 0.3 is 6.18 Å². The second-order valence-electron chi connectivity index (χ2n) is 6.48. The Bertz CT molecular complexity index is 698. The Kier molecular flexibility index (Phi) is 5.20. The molecule has 1 aliphatic heterocycles. The van der Waals surface area contributed by atoms with Crippen LogP contribution in [0.25, 0.3) is 11.3 Å². The molecule has 1 aromatic heterocycles. The van der Waals surface area contributed by atoms with Gasteiger partial charge in [-0.1, -0.05) is 19.1 Å². The zero-order valence-electron chi connectivity index (χ0n) is 14.3. The Balaban J connectivity index is 1.83. The predicted octanol–water partition coefficient (Wildman–Crippen LogP) is 4.62. The zero-order chi connectivity index (χ0) is 18.0. The summed E-state index contributed by atoms with van der Waals surface area (Å²) in [6, 6.07) is 7.02. The van der Waals surface area contributed by atoms with Crippen LogP contribution in [0.3, 0.4) is 0 Å². The van der Waals surface area contributed by atoms with Gasteiger partial charge in [-0.2, -0.15) is 13.2 Å². The number of furan rings is 1. The first-order valence-electron chi connectivity index (χ1n) is 8.65. The molecule has 0 bridgehead atoms. The number of alkyl halides is 3. The number of hydrogen-bond acceptors (Lipinski definition) is 3. The van der Waals surface area contributed by atoms with Crippen LogP contribution in [0, 0.1) is 0 Å². The van der Waals surface area contributed by atoms with Gasteiger partial charge in [0.2, 0.25) is 0 Å². The Labute approximate surface area is 145 Å². The molecule has 1 aromatic carbocycles. The van der Waals surface area contributed by atoms with E-state index < -0.39 is 11.7 Å². The molecule has 1 aliphatic rings. The van der Waals surface area contributed by atoms with Crippen molar-refractivity contribution in [1.82, 2.24) is 4.90 Å². The van der Waals surface area contributed by atoms with E-state index in [-0.39, 0.29) is 0 Å². The Morgan fingerprint density at radius 1 is 1.16 bits per heavy atom. The van der Waals surface area contributed by atoms with Gasteiger partial charge in [-0.3, -0.25) is 0 Å². The molecule has 3 nitrogen and oxygen atoms in total. The summed E-state index contributed by atoms with van der Waals surface area (Å²) in [7, 11) is 0. The average molecular weight is 352 g/mol. The molecule has 2 heterocycles. The Morgan fingerprint density at radius 2 is 1.80 bits per heavy atom. The van der Waals surface area contributed by atoms with E-state index in [9.17, 15) is 13.2 Å². The van der Waals surface area contributed by atoms with Crippen LogP contribution < -0.4 is 5.73 Å². The van der Waals surface area contributed by atoms with Gasteiger partial charge in [0.15, 0.2) is 0 Å². The molecule has 3 rings (SSSR count). The molecule has 0 spiro atoms. The van der Waals surface area contributed by atoms with Gasteiger partial charge in [0.25, 0.3) is 0 Å². The summed E-state index contributed by atoms with van der Waals surface area (Å²) >= 11 is 0. The predicted molar refractivity (Wildman–Crippen MR) is 91.1 cm³/mol. The third kappa shape index (κ3) is 3.90. The summed E-state index contributed by atoms with van der Waals surface area (Å²) in [5.74, 6) is 1.72. The number of nitrogens with zero attached hydrogens (tertiary/aromatic N) is 1. The molecule has 2 N–H and O–H groups in total. The van der Waals surface area contributed by atoms with E-state index in [0.29, 0.717) is 23.8 Å². The molecule has 0 radical (unpaired) electrons. The van der Waals surface area contributed by atoms with Gasteiger partial charge in [-0.25, -0.2) is 0 Å². The number of rotatable bonds is 4. The van der Waals surface area contributed by atoms with Gasteiger partial charge in [0, 0.05) is 5.56 Å². The first-order valence-corrected chi connectivity index (χ1v) is 8.65. The summed E-state index contributed by atoms with van der Waals surface area (Å²) in [4.78, 5) is 2.41. The summed E-state index contributed by atoms with van der Waals surface area (Å²) in [5.41, 5.74) is 6.92. The summed E-state index contributed by atoms with van der Waals surface area (Å²) in [5, 5.41) is 0. The summed E-state index contributed by atoms with van der Waals surface area (Å²) in [6.07, 6.45) is -2.23. The fourth-order valence-corrected chi connectivity index (χ4v) is 3.47. The van der Waals surface area contributed by atoms with Crippen molar-refractivity contribution >= 4 is 0 Å². The minimum absolute atomic E-state index is 0.296. The van der Waals surface area contributed by atoms with E-state index in [4.69, 9.17) is 10.2 Å². The fraction of sp³-hybridized carbons (Fsp3) is 0.474. The summed E-state index contributed by atoms with van der Waals surface area (Å²) < 4.78 is 44.0. The van der Waals surface area contributed by atoms with Crippen LogP contribution in [0.1, 0.15) is 42.6 Å². The van der Waals surface area contributed by atoms with Gasteiger partial charge in [0.05, 0.1) is 12.1 Å². The Hall–Kier alpha value is -1.79. The molecule has 0 amide bonds. The molecule has 25 heavy (non-hydrogen) atoms. The van der Waals surface area contributed by atoms with Gasteiger partial charge < -0.3 is 15.1 Å². The highest BCUT2D eigenvalue weighted by molar-refractivity contribution is 5.60. The van der Waals surface area contributed by atoms with Crippen molar-refractivity contribution in [2.75, 3.05) is 19.6 Å². The number of likely N-dealkylation sites (tertiary alicyclic amines) is 1. The lowest BCUT2D eigenvalue weighted by Gasteiger charge is -2.30. The molecular weight excluding hydrogens is 329 g/mol. The van der Waals surface area contributed by atoms with Crippen LogP contribution in [0.5, 0.6) is 0 Å². The highest BCUT2D eigenvalue weighted by Gasteiger charge is 2.30. The largest absolute Gasteiger partial charge is 0.459 e. The number of piperidine rings is 1. The first kappa shape index (κ1) is 18.0. The minimum Gasteiger partial charge on any atom is -0.459 e. The van der Waals surface area contributed by atoms with Crippen molar-refractivity contribution in [2.45, 2.75) is 38.4 Å². The molecule has 6 heteroatoms. The second-order valence-corrected chi connectivity index (χ2v) is 6.48. The fourth-order valence-electron chi connectivity index (χ4n) is 3.47. The molecule has 1 fully saturated rings. The van der Waals surface area contributed by atoms with E-state index in [1.807, 2.05) is 6.07 Å². The molecule has 0 saturated carbocycles. The normalized spacial score (nSPS) is 17.2. The molecule has 136 valence electrons. The van der Waals surface area contributed by atoms with Gasteiger partial charge in [-0.05, 0) is 62.2 Å². The summed E-state index contributed by atoms with van der Waals surface area (Å²) in [6.45, 7) is 5.60. The van der Waals surface area contributed by atoms with E-state index in [0.717, 1.165) is 55.9 Å². The van der Waals surface area contributed by atoms with Crippen LogP contribution in [0.4, 0.5) is 13.2 Å². The van der Waals surface area contributed by atoms with Crippen LogP contribution in [0.2, 0.25) is 0 Å². The first-order chi connectivity index (χ1) is 11.9. The lowest BCUT2D eigenvalue weighted by atomic mass is 9.89. The lowest BCUT2D eigenvalue weighted by molar-refractivity contribution is -0.137. The maximum absolute atomic E-state index is 12.7. The standard InChI is InChI=1S/C19H23F3N2O/c1-2-24-9-7-13(8-10-24)16-11-17(25-18(16)12-23)14-3-5-15(6-4-14)19(20,21)22/h3-6,11,13H,2,7-10,12,23H2,1H3. The van der Waals surface area contributed by atoms with Crippen molar-refractivity contribution in [2.24, 2.45) is 5.73 Å². The molecule has 2 aromatic rings. The van der Waals surface area contributed by atoms with Crippen LogP contribution in [-0.2, 0) is 12.7 Å². The van der Waals surface area contributed by atoms with E-state index in [1.165, 1.54) is 12.1 Å². The third-order valence-corrected chi connectivity index (χ3v) is 5.00. The zero-order valence-corrected chi connectivity index (χ0v) is 14.3. The SMILES string of the molecule is CCN1CCC(c2cc(-c3ccc(C(F)(F)F)cc3)oc2CN)CC1.